The predicted molar refractivity (Wildman–Crippen MR) is 58.5 cm³/mol. The molecule has 0 saturated carbocycles. The predicted octanol–water partition coefficient (Wildman–Crippen LogP) is 2.07. The van der Waals surface area contributed by atoms with Crippen molar-refractivity contribution in [1.29, 1.82) is 0 Å². The Morgan fingerprint density at radius 2 is 2.27 bits per heavy atom. The lowest BCUT2D eigenvalue weighted by Crippen LogP contribution is -2.30. The van der Waals surface area contributed by atoms with Crippen LogP contribution in [0.5, 0.6) is 0 Å². The first-order valence-electron chi connectivity index (χ1n) is 4.60. The number of fused-ring (bicyclic) bond motifs is 1. The topological polar surface area (TPSA) is 54.6 Å². The lowest BCUT2D eigenvalue weighted by atomic mass is 9.88. The SMILES string of the molecule is Cc1nc2sccn2c1C(C)(C)C(=O)O. The van der Waals surface area contributed by atoms with Gasteiger partial charge in [-0.1, -0.05) is 0 Å². The molecular weight excluding hydrogens is 212 g/mol. The molecule has 5 heteroatoms. The maximum atomic E-state index is 11.2. The second-order valence-electron chi connectivity index (χ2n) is 4.03. The Morgan fingerprint density at radius 3 is 2.87 bits per heavy atom. The number of nitrogens with zero attached hydrogens (tertiary/aromatic N) is 2. The number of aromatic nitrogens is 2. The maximum absolute atomic E-state index is 11.2. The molecule has 0 bridgehead atoms. The monoisotopic (exact) mass is 224 g/mol. The molecule has 0 aliphatic carbocycles. The Balaban J connectivity index is 2.74. The summed E-state index contributed by atoms with van der Waals surface area (Å²) < 4.78 is 1.86. The van der Waals surface area contributed by atoms with Gasteiger partial charge < -0.3 is 5.11 Å². The van der Waals surface area contributed by atoms with Crippen molar-refractivity contribution in [2.45, 2.75) is 26.2 Å². The van der Waals surface area contributed by atoms with Gasteiger partial charge in [-0.2, -0.15) is 0 Å². The van der Waals surface area contributed by atoms with Crippen molar-refractivity contribution in [2.75, 3.05) is 0 Å². The van der Waals surface area contributed by atoms with E-state index in [4.69, 9.17) is 0 Å². The summed E-state index contributed by atoms with van der Waals surface area (Å²) in [5.41, 5.74) is 0.630. The molecule has 0 aliphatic heterocycles. The van der Waals surface area contributed by atoms with Crippen LogP contribution < -0.4 is 0 Å². The molecule has 0 unspecified atom stereocenters. The van der Waals surface area contributed by atoms with E-state index in [9.17, 15) is 9.90 Å². The second-order valence-corrected chi connectivity index (χ2v) is 4.90. The summed E-state index contributed by atoms with van der Waals surface area (Å²) in [6.45, 7) is 5.24. The van der Waals surface area contributed by atoms with Crippen molar-refractivity contribution in [2.24, 2.45) is 0 Å². The fraction of sp³-hybridized carbons (Fsp3) is 0.400. The molecule has 0 atom stereocenters. The quantitative estimate of drug-likeness (QED) is 0.849. The number of aryl methyl sites for hydroxylation is 1. The molecule has 2 aromatic rings. The van der Waals surface area contributed by atoms with Crippen LogP contribution in [0, 0.1) is 6.92 Å². The van der Waals surface area contributed by atoms with Gasteiger partial charge in [-0.3, -0.25) is 9.20 Å². The van der Waals surface area contributed by atoms with Gasteiger partial charge in [-0.15, -0.1) is 11.3 Å². The minimum absolute atomic E-state index is 0.756. The van der Waals surface area contributed by atoms with Crippen LogP contribution in [0.2, 0.25) is 0 Å². The van der Waals surface area contributed by atoms with Crippen molar-refractivity contribution in [1.82, 2.24) is 9.38 Å². The highest BCUT2D eigenvalue weighted by Gasteiger charge is 2.34. The van der Waals surface area contributed by atoms with E-state index in [2.05, 4.69) is 4.98 Å². The van der Waals surface area contributed by atoms with Gasteiger partial charge in [0.1, 0.15) is 5.41 Å². The Kier molecular flexibility index (Phi) is 2.08. The number of carboxylic acids is 1. The van der Waals surface area contributed by atoms with E-state index >= 15 is 0 Å². The number of rotatable bonds is 2. The number of thiazole rings is 1. The molecule has 0 amide bonds. The van der Waals surface area contributed by atoms with Crippen LogP contribution >= 0.6 is 11.3 Å². The van der Waals surface area contributed by atoms with Crippen LogP contribution in [0.4, 0.5) is 0 Å². The van der Waals surface area contributed by atoms with Crippen LogP contribution in [0.1, 0.15) is 25.2 Å². The maximum Gasteiger partial charge on any atom is 0.315 e. The third kappa shape index (κ3) is 1.34. The van der Waals surface area contributed by atoms with Gasteiger partial charge in [0.2, 0.25) is 0 Å². The summed E-state index contributed by atoms with van der Waals surface area (Å²) in [4.78, 5) is 16.4. The zero-order chi connectivity index (χ0) is 11.2. The van der Waals surface area contributed by atoms with Gasteiger partial charge in [-0.25, -0.2) is 4.98 Å². The first kappa shape index (κ1) is 10.2. The smallest absolute Gasteiger partial charge is 0.315 e. The number of carbonyl (C=O) groups is 1. The Morgan fingerprint density at radius 1 is 1.60 bits per heavy atom. The van der Waals surface area contributed by atoms with Crippen LogP contribution in [0.3, 0.4) is 0 Å². The number of hydrogen-bond acceptors (Lipinski definition) is 3. The standard InChI is InChI=1S/C10H12N2O2S/c1-6-7(10(2,3)8(13)14)12-4-5-15-9(12)11-6/h4-5H,1-3H3,(H,13,14). The Labute approximate surface area is 91.2 Å². The van der Waals surface area contributed by atoms with Crippen LogP contribution in [0.15, 0.2) is 11.6 Å². The minimum Gasteiger partial charge on any atom is -0.481 e. The fourth-order valence-electron chi connectivity index (χ4n) is 1.75. The number of hydrogen-bond donors (Lipinski definition) is 1. The molecule has 15 heavy (non-hydrogen) atoms. The van der Waals surface area contributed by atoms with Crippen molar-refractivity contribution < 1.29 is 9.90 Å². The van der Waals surface area contributed by atoms with Gasteiger partial charge in [0.05, 0.1) is 11.4 Å². The third-order valence-electron chi connectivity index (χ3n) is 2.56. The highest BCUT2D eigenvalue weighted by atomic mass is 32.1. The number of aliphatic carboxylic acids is 1. The molecule has 2 rings (SSSR count). The van der Waals surface area contributed by atoms with E-state index in [1.807, 2.05) is 22.9 Å². The average molecular weight is 224 g/mol. The van der Waals surface area contributed by atoms with Gasteiger partial charge in [0.15, 0.2) is 4.96 Å². The largest absolute Gasteiger partial charge is 0.481 e. The van der Waals surface area contributed by atoms with Crippen molar-refractivity contribution >= 4 is 22.3 Å². The molecule has 1 N–H and O–H groups in total. The first-order valence-corrected chi connectivity index (χ1v) is 5.48. The molecule has 4 nitrogen and oxygen atoms in total. The van der Waals surface area contributed by atoms with E-state index in [1.165, 1.54) is 11.3 Å². The van der Waals surface area contributed by atoms with Crippen molar-refractivity contribution in [3.63, 3.8) is 0 Å². The van der Waals surface area contributed by atoms with E-state index in [0.29, 0.717) is 0 Å². The van der Waals surface area contributed by atoms with E-state index in [-0.39, 0.29) is 0 Å². The number of carboxylic acid groups (broad SMARTS) is 1. The molecule has 80 valence electrons. The molecule has 0 aliphatic rings. The second kappa shape index (κ2) is 3.06. The molecule has 0 radical (unpaired) electrons. The molecule has 0 spiro atoms. The minimum atomic E-state index is -0.912. The van der Waals surface area contributed by atoms with E-state index in [0.717, 1.165) is 16.3 Å². The fourth-order valence-corrected chi connectivity index (χ4v) is 2.51. The molecular formula is C10H12N2O2S. The summed E-state index contributed by atoms with van der Waals surface area (Å²) in [7, 11) is 0. The van der Waals surface area contributed by atoms with E-state index < -0.39 is 11.4 Å². The summed E-state index contributed by atoms with van der Waals surface area (Å²) >= 11 is 1.51. The highest BCUT2D eigenvalue weighted by Crippen LogP contribution is 2.29. The molecule has 2 heterocycles. The van der Waals surface area contributed by atoms with Crippen molar-refractivity contribution in [3.05, 3.63) is 23.0 Å². The van der Waals surface area contributed by atoms with Gasteiger partial charge in [-0.05, 0) is 20.8 Å². The first-order chi connectivity index (χ1) is 6.94. The van der Waals surface area contributed by atoms with Crippen LogP contribution in [-0.4, -0.2) is 20.5 Å². The third-order valence-corrected chi connectivity index (χ3v) is 3.32. The molecule has 0 aromatic carbocycles. The summed E-state index contributed by atoms with van der Waals surface area (Å²) in [5, 5.41) is 11.1. The normalized spacial score (nSPS) is 12.2. The summed E-state index contributed by atoms with van der Waals surface area (Å²) in [5.74, 6) is -0.835. The van der Waals surface area contributed by atoms with Gasteiger partial charge in [0.25, 0.3) is 0 Å². The summed E-state index contributed by atoms with van der Waals surface area (Å²) in [6, 6.07) is 0. The Hall–Kier alpha value is -1.36. The van der Waals surface area contributed by atoms with E-state index in [1.54, 1.807) is 13.8 Å². The lowest BCUT2D eigenvalue weighted by molar-refractivity contribution is -0.142. The highest BCUT2D eigenvalue weighted by molar-refractivity contribution is 7.15. The van der Waals surface area contributed by atoms with Crippen molar-refractivity contribution in [3.8, 4) is 0 Å². The molecule has 0 saturated heterocycles. The molecule has 2 aromatic heterocycles. The van der Waals surface area contributed by atoms with Crippen LogP contribution in [0.25, 0.3) is 4.96 Å². The zero-order valence-corrected chi connectivity index (χ0v) is 9.63. The Bertz CT molecular complexity index is 524. The number of imidazole rings is 1. The zero-order valence-electron chi connectivity index (χ0n) is 8.81. The lowest BCUT2D eigenvalue weighted by Gasteiger charge is -2.19. The average Bonchev–Trinajstić information content (AvgIpc) is 2.61. The van der Waals surface area contributed by atoms with Gasteiger partial charge >= 0.3 is 5.97 Å². The van der Waals surface area contributed by atoms with Gasteiger partial charge in [0, 0.05) is 11.6 Å². The van der Waals surface area contributed by atoms with Crippen LogP contribution in [-0.2, 0) is 10.2 Å². The molecule has 0 fully saturated rings. The summed E-state index contributed by atoms with van der Waals surface area (Å²) in [6.07, 6.45) is 1.86.